The second-order valence-corrected chi connectivity index (χ2v) is 6.33. The Bertz CT molecular complexity index is 218. The normalized spacial score (nSPS) is 16.0. The molecule has 0 aliphatic heterocycles. The summed E-state index contributed by atoms with van der Waals surface area (Å²) in [5, 5.41) is 2.98. The van der Waals surface area contributed by atoms with Crippen molar-refractivity contribution in [1.82, 2.24) is 5.32 Å². The minimum absolute atomic E-state index is 0.0423. The highest BCUT2D eigenvalue weighted by molar-refractivity contribution is 5.76. The fourth-order valence-corrected chi connectivity index (χ4v) is 1.58. The first-order chi connectivity index (χ1) is 7.11. The maximum absolute atomic E-state index is 11.7. The predicted molar refractivity (Wildman–Crippen MR) is 69.1 cm³/mol. The lowest BCUT2D eigenvalue weighted by atomic mass is 9.87. The van der Waals surface area contributed by atoms with Crippen molar-refractivity contribution in [2.45, 2.75) is 66.5 Å². The molecule has 0 aromatic heterocycles. The van der Waals surface area contributed by atoms with E-state index in [-0.39, 0.29) is 23.4 Å². The van der Waals surface area contributed by atoms with Gasteiger partial charge in [-0.25, -0.2) is 0 Å². The van der Waals surface area contributed by atoms with Crippen LogP contribution in [0.1, 0.15) is 54.4 Å². The lowest BCUT2D eigenvalue weighted by Gasteiger charge is -2.24. The number of hydrogen-bond donors (Lipinski definition) is 2. The van der Waals surface area contributed by atoms with Crippen LogP contribution in [0.5, 0.6) is 0 Å². The van der Waals surface area contributed by atoms with E-state index in [1.165, 1.54) is 0 Å². The van der Waals surface area contributed by atoms with Crippen molar-refractivity contribution in [2.75, 3.05) is 0 Å². The Morgan fingerprint density at radius 1 is 1.25 bits per heavy atom. The minimum Gasteiger partial charge on any atom is -0.353 e. The number of nitrogens with two attached hydrogens (primary N) is 1. The first-order valence-electron chi connectivity index (χ1n) is 6.17. The van der Waals surface area contributed by atoms with Gasteiger partial charge in [0.2, 0.25) is 5.91 Å². The average molecular weight is 228 g/mol. The molecule has 0 aliphatic rings. The summed E-state index contributed by atoms with van der Waals surface area (Å²) in [6, 6.07) is 0.175. The predicted octanol–water partition coefficient (Wildman–Crippen LogP) is 2.30. The summed E-state index contributed by atoms with van der Waals surface area (Å²) in [5.74, 6) is 0.528. The van der Waals surface area contributed by atoms with Crippen molar-refractivity contribution in [3.05, 3.63) is 0 Å². The molecule has 3 nitrogen and oxygen atoms in total. The van der Waals surface area contributed by atoms with Crippen molar-refractivity contribution in [2.24, 2.45) is 17.1 Å². The van der Waals surface area contributed by atoms with Gasteiger partial charge >= 0.3 is 0 Å². The zero-order valence-electron chi connectivity index (χ0n) is 11.6. The quantitative estimate of drug-likeness (QED) is 0.758. The van der Waals surface area contributed by atoms with Crippen LogP contribution < -0.4 is 11.1 Å². The van der Waals surface area contributed by atoms with E-state index in [0.717, 1.165) is 6.42 Å². The zero-order chi connectivity index (χ0) is 12.9. The number of carbonyl (C=O) groups is 1. The molecule has 0 spiro atoms. The maximum atomic E-state index is 11.7. The van der Waals surface area contributed by atoms with Gasteiger partial charge in [0, 0.05) is 18.5 Å². The second-order valence-electron chi connectivity index (χ2n) is 6.33. The van der Waals surface area contributed by atoms with Crippen LogP contribution in [0.4, 0.5) is 0 Å². The van der Waals surface area contributed by atoms with Crippen molar-refractivity contribution in [3.63, 3.8) is 0 Å². The Morgan fingerprint density at radius 2 is 1.75 bits per heavy atom. The third kappa shape index (κ3) is 7.69. The highest BCUT2D eigenvalue weighted by Gasteiger charge is 2.19. The van der Waals surface area contributed by atoms with Crippen LogP contribution in [0.25, 0.3) is 0 Å². The lowest BCUT2D eigenvalue weighted by Crippen LogP contribution is -2.40. The van der Waals surface area contributed by atoms with Crippen LogP contribution in [0, 0.1) is 11.3 Å². The van der Waals surface area contributed by atoms with E-state index in [0.29, 0.717) is 12.3 Å². The van der Waals surface area contributed by atoms with Crippen molar-refractivity contribution in [1.29, 1.82) is 0 Å². The highest BCUT2D eigenvalue weighted by Crippen LogP contribution is 2.20. The second kappa shape index (κ2) is 6.24. The molecule has 1 amide bonds. The first-order valence-corrected chi connectivity index (χ1v) is 6.17. The molecule has 0 aromatic rings. The van der Waals surface area contributed by atoms with Crippen LogP contribution in [-0.2, 0) is 4.79 Å². The molecule has 0 saturated carbocycles. The largest absolute Gasteiger partial charge is 0.353 e. The molecule has 3 heteroatoms. The SMILES string of the molecule is CC(C)C(C)NC(=O)CC(N)CC(C)(C)C. The van der Waals surface area contributed by atoms with Crippen LogP contribution in [0.2, 0.25) is 0 Å². The summed E-state index contributed by atoms with van der Waals surface area (Å²) >= 11 is 0. The standard InChI is InChI=1S/C13H28N2O/c1-9(2)10(3)15-12(16)7-11(14)8-13(4,5)6/h9-11H,7-8,14H2,1-6H3,(H,15,16). The van der Waals surface area contributed by atoms with E-state index in [1.54, 1.807) is 0 Å². The summed E-state index contributed by atoms with van der Waals surface area (Å²) < 4.78 is 0. The van der Waals surface area contributed by atoms with Crippen LogP contribution in [0.15, 0.2) is 0 Å². The molecule has 0 aromatic carbocycles. The van der Waals surface area contributed by atoms with Crippen molar-refractivity contribution in [3.8, 4) is 0 Å². The van der Waals surface area contributed by atoms with E-state index >= 15 is 0 Å². The summed E-state index contributed by atoms with van der Waals surface area (Å²) in [4.78, 5) is 11.7. The lowest BCUT2D eigenvalue weighted by molar-refractivity contribution is -0.122. The smallest absolute Gasteiger partial charge is 0.221 e. The Hall–Kier alpha value is -0.570. The number of nitrogens with one attached hydrogen (secondary N) is 1. The molecule has 0 bridgehead atoms. The Balaban J connectivity index is 3.96. The summed E-state index contributed by atoms with van der Waals surface area (Å²) in [6.07, 6.45) is 1.30. The van der Waals surface area contributed by atoms with Gasteiger partial charge in [-0.15, -0.1) is 0 Å². The molecule has 3 N–H and O–H groups in total. The van der Waals surface area contributed by atoms with Gasteiger partial charge in [-0.05, 0) is 24.7 Å². The maximum Gasteiger partial charge on any atom is 0.221 e. The van der Waals surface area contributed by atoms with Gasteiger partial charge < -0.3 is 11.1 Å². The molecular formula is C13H28N2O. The Morgan fingerprint density at radius 3 is 2.12 bits per heavy atom. The number of hydrogen-bond acceptors (Lipinski definition) is 2. The monoisotopic (exact) mass is 228 g/mol. The summed E-state index contributed by atoms with van der Waals surface area (Å²) in [5.41, 5.74) is 6.14. The van der Waals surface area contributed by atoms with Gasteiger partial charge in [-0.2, -0.15) is 0 Å². The van der Waals surface area contributed by atoms with E-state index in [4.69, 9.17) is 5.73 Å². The van der Waals surface area contributed by atoms with Gasteiger partial charge in [-0.1, -0.05) is 34.6 Å². The molecule has 0 fully saturated rings. The molecule has 0 rings (SSSR count). The molecule has 0 radical (unpaired) electrons. The third-order valence-corrected chi connectivity index (χ3v) is 2.71. The summed E-state index contributed by atoms with van der Waals surface area (Å²) in [6.45, 7) is 12.6. The van der Waals surface area contributed by atoms with Gasteiger partial charge in [0.05, 0.1) is 0 Å². The third-order valence-electron chi connectivity index (χ3n) is 2.71. The van der Waals surface area contributed by atoms with Crippen LogP contribution >= 0.6 is 0 Å². The number of rotatable bonds is 5. The highest BCUT2D eigenvalue weighted by atomic mass is 16.1. The minimum atomic E-state index is -0.0423. The van der Waals surface area contributed by atoms with Gasteiger partial charge in [0.15, 0.2) is 0 Å². The molecule has 0 aliphatic carbocycles. The first kappa shape index (κ1) is 15.4. The summed E-state index contributed by atoms with van der Waals surface area (Å²) in [7, 11) is 0. The fourth-order valence-electron chi connectivity index (χ4n) is 1.58. The average Bonchev–Trinajstić information content (AvgIpc) is 1.98. The topological polar surface area (TPSA) is 55.1 Å². The molecule has 0 saturated heterocycles. The molecule has 16 heavy (non-hydrogen) atoms. The van der Waals surface area contributed by atoms with Crippen molar-refractivity contribution >= 4 is 5.91 Å². The Kier molecular flexibility index (Phi) is 6.01. The Labute approximate surface area is 100 Å². The van der Waals surface area contributed by atoms with Crippen LogP contribution in [-0.4, -0.2) is 18.0 Å². The van der Waals surface area contributed by atoms with Gasteiger partial charge in [0.25, 0.3) is 0 Å². The number of carbonyl (C=O) groups excluding carboxylic acids is 1. The molecule has 0 heterocycles. The molecule has 96 valence electrons. The van der Waals surface area contributed by atoms with Gasteiger partial charge in [-0.3, -0.25) is 4.79 Å². The number of amides is 1. The van der Waals surface area contributed by atoms with E-state index in [2.05, 4.69) is 39.9 Å². The zero-order valence-corrected chi connectivity index (χ0v) is 11.6. The van der Waals surface area contributed by atoms with E-state index < -0.39 is 0 Å². The van der Waals surface area contributed by atoms with Crippen molar-refractivity contribution < 1.29 is 4.79 Å². The molecule has 2 unspecified atom stereocenters. The fraction of sp³-hybridized carbons (Fsp3) is 0.923. The van der Waals surface area contributed by atoms with Gasteiger partial charge in [0.1, 0.15) is 0 Å². The van der Waals surface area contributed by atoms with E-state index in [1.807, 2.05) is 6.92 Å². The molecule has 2 atom stereocenters. The van der Waals surface area contributed by atoms with Crippen LogP contribution in [0.3, 0.4) is 0 Å². The van der Waals surface area contributed by atoms with E-state index in [9.17, 15) is 4.79 Å². The molecular weight excluding hydrogens is 200 g/mol.